The van der Waals surface area contributed by atoms with Crippen molar-refractivity contribution in [3.63, 3.8) is 0 Å². The number of imide groups is 1. The summed E-state index contributed by atoms with van der Waals surface area (Å²) in [6.07, 6.45) is 1.57. The van der Waals surface area contributed by atoms with Crippen molar-refractivity contribution in [2.45, 2.75) is 30.5 Å². The second kappa shape index (κ2) is 10.0. The van der Waals surface area contributed by atoms with E-state index in [-0.39, 0.29) is 37.8 Å². The van der Waals surface area contributed by atoms with Crippen molar-refractivity contribution in [2.24, 2.45) is 0 Å². The maximum absolute atomic E-state index is 12.8. The fraction of sp³-hybridized carbons (Fsp3) is 0.286. The molecule has 2 aliphatic heterocycles. The van der Waals surface area contributed by atoms with E-state index in [1.165, 1.54) is 26.5 Å². The summed E-state index contributed by atoms with van der Waals surface area (Å²) in [5.74, 6) is -0.521. The number of piperidine rings is 1. The average molecular weight is 473 g/mol. The summed E-state index contributed by atoms with van der Waals surface area (Å²) in [7, 11) is 3.03. The van der Waals surface area contributed by atoms with Gasteiger partial charge in [0.05, 0.1) is 0 Å². The third kappa shape index (κ3) is 5.05. The summed E-state index contributed by atoms with van der Waals surface area (Å²) in [4.78, 5) is 54.3. The van der Waals surface area contributed by atoms with E-state index in [9.17, 15) is 19.2 Å². The van der Waals surface area contributed by atoms with Gasteiger partial charge in [-0.05, 0) is 41.5 Å². The maximum Gasteiger partial charge on any atom is 0.411 e. The Balaban J connectivity index is 1.30. The lowest BCUT2D eigenvalue weighted by atomic mass is 10.0. The summed E-state index contributed by atoms with van der Waals surface area (Å²) in [5.41, 5.74) is 1.51. The van der Waals surface area contributed by atoms with E-state index in [1.807, 2.05) is 18.2 Å². The van der Waals surface area contributed by atoms with Crippen LogP contribution < -0.4 is 10.6 Å². The quantitative estimate of drug-likeness (QED) is 0.359. The molecule has 11 heteroatoms. The van der Waals surface area contributed by atoms with Crippen molar-refractivity contribution >= 4 is 51.1 Å². The number of hydrogen-bond acceptors (Lipinski definition) is 8. The number of ether oxygens (including phenoxy) is 1. The summed E-state index contributed by atoms with van der Waals surface area (Å²) >= 11 is 0. The van der Waals surface area contributed by atoms with Crippen LogP contribution in [0.1, 0.15) is 28.8 Å². The number of carbonyl (C=O) groups is 4. The van der Waals surface area contributed by atoms with Gasteiger partial charge in [0.15, 0.2) is 0 Å². The van der Waals surface area contributed by atoms with Gasteiger partial charge in [0.1, 0.15) is 17.7 Å². The topological polar surface area (TPSA) is 118 Å². The number of nitrogens with zero attached hydrogens (tertiary/aromatic N) is 2. The van der Waals surface area contributed by atoms with Crippen molar-refractivity contribution in [1.82, 2.24) is 15.2 Å². The van der Waals surface area contributed by atoms with E-state index in [1.54, 1.807) is 24.4 Å². The van der Waals surface area contributed by atoms with Crippen LogP contribution in [0, 0.1) is 0 Å². The zero-order chi connectivity index (χ0) is 22.5. The fourth-order valence-electron chi connectivity index (χ4n) is 3.52. The third-order valence-corrected chi connectivity index (χ3v) is 7.23. The van der Waals surface area contributed by atoms with Gasteiger partial charge in [-0.2, -0.15) is 0 Å². The van der Waals surface area contributed by atoms with E-state index >= 15 is 0 Å². The molecule has 1 saturated heterocycles. The lowest BCUT2D eigenvalue weighted by molar-refractivity contribution is -0.136. The Kier molecular flexibility index (Phi) is 6.96. The number of nitrogens with one attached hydrogen (secondary N) is 2. The number of carbonyl (C=O) groups excluding carboxylic acids is 4. The van der Waals surface area contributed by atoms with Crippen molar-refractivity contribution < 1.29 is 23.9 Å². The molecule has 166 valence electrons. The normalized spacial score (nSPS) is 17.7. The second-order valence-electron chi connectivity index (χ2n) is 7.07. The summed E-state index contributed by atoms with van der Waals surface area (Å²) in [6, 6.07) is 9.96. The second-order valence-corrected chi connectivity index (χ2v) is 9.50. The van der Waals surface area contributed by atoms with Crippen molar-refractivity contribution in [1.29, 1.82) is 0 Å². The molecule has 2 N–H and O–H groups in total. The van der Waals surface area contributed by atoms with Crippen LogP contribution in [0.25, 0.3) is 0 Å². The lowest BCUT2D eigenvalue weighted by Crippen LogP contribution is -2.52. The molecule has 32 heavy (non-hydrogen) atoms. The number of pyridine rings is 1. The Morgan fingerprint density at radius 2 is 2.09 bits per heavy atom. The maximum atomic E-state index is 12.8. The van der Waals surface area contributed by atoms with Crippen LogP contribution in [0.4, 0.5) is 10.5 Å². The standard InChI is InChI=1S/C21H20N4O5S2/c26-17-8-7-16(19(27)24-17)25-12-14-13(20(25)28)4-3-5-15(14)23-21(29)30-10-11-31-32-18-6-1-2-9-22-18/h1-6,9,16H,7-8,10-12H2,(H,23,29)(H,24,26,27). The minimum Gasteiger partial charge on any atom is -0.448 e. The van der Waals surface area contributed by atoms with Gasteiger partial charge < -0.3 is 9.64 Å². The summed E-state index contributed by atoms with van der Waals surface area (Å²) in [6.45, 7) is 0.389. The number of anilines is 1. The van der Waals surface area contributed by atoms with Crippen LogP contribution in [-0.4, -0.2) is 52.1 Å². The van der Waals surface area contributed by atoms with Gasteiger partial charge in [0.25, 0.3) is 5.91 Å². The van der Waals surface area contributed by atoms with E-state index in [0.717, 1.165) is 5.03 Å². The molecule has 0 saturated carbocycles. The van der Waals surface area contributed by atoms with E-state index in [2.05, 4.69) is 15.6 Å². The van der Waals surface area contributed by atoms with Gasteiger partial charge in [-0.1, -0.05) is 22.9 Å². The molecule has 0 radical (unpaired) electrons. The van der Waals surface area contributed by atoms with Crippen molar-refractivity contribution in [3.05, 3.63) is 53.7 Å². The Morgan fingerprint density at radius 3 is 2.88 bits per heavy atom. The highest BCUT2D eigenvalue weighted by molar-refractivity contribution is 8.76. The third-order valence-electron chi connectivity index (χ3n) is 5.00. The number of rotatable bonds is 7. The number of aromatic nitrogens is 1. The molecule has 0 bridgehead atoms. The van der Waals surface area contributed by atoms with Crippen molar-refractivity contribution in [2.75, 3.05) is 17.7 Å². The molecule has 4 amide bonds. The molecule has 9 nitrogen and oxygen atoms in total. The molecule has 1 atom stereocenters. The predicted octanol–water partition coefficient (Wildman–Crippen LogP) is 2.83. The summed E-state index contributed by atoms with van der Waals surface area (Å²) < 4.78 is 5.24. The molecular formula is C21H20N4O5S2. The molecule has 1 aromatic heterocycles. The molecule has 2 aliphatic rings. The van der Waals surface area contributed by atoms with Crippen LogP contribution >= 0.6 is 21.6 Å². The van der Waals surface area contributed by atoms with Crippen LogP contribution in [0.3, 0.4) is 0 Å². The smallest absolute Gasteiger partial charge is 0.411 e. The number of amides is 4. The molecule has 0 spiro atoms. The molecule has 2 aromatic rings. The molecule has 1 unspecified atom stereocenters. The van der Waals surface area contributed by atoms with Gasteiger partial charge >= 0.3 is 6.09 Å². The minimum absolute atomic E-state index is 0.174. The molecule has 0 aliphatic carbocycles. The van der Waals surface area contributed by atoms with E-state index in [0.29, 0.717) is 22.6 Å². The van der Waals surface area contributed by atoms with Gasteiger partial charge in [-0.3, -0.25) is 25.0 Å². The molecule has 1 aromatic carbocycles. The highest BCUT2D eigenvalue weighted by atomic mass is 33.1. The first-order valence-electron chi connectivity index (χ1n) is 9.94. The van der Waals surface area contributed by atoms with Crippen LogP contribution in [0.5, 0.6) is 0 Å². The summed E-state index contributed by atoms with van der Waals surface area (Å²) in [5, 5.41) is 5.85. The first-order chi connectivity index (χ1) is 15.5. The highest BCUT2D eigenvalue weighted by Crippen LogP contribution is 2.32. The monoisotopic (exact) mass is 472 g/mol. The molecule has 1 fully saturated rings. The number of fused-ring (bicyclic) bond motifs is 1. The lowest BCUT2D eigenvalue weighted by Gasteiger charge is -2.29. The number of benzene rings is 1. The highest BCUT2D eigenvalue weighted by Gasteiger charge is 2.39. The Labute approximate surface area is 192 Å². The van der Waals surface area contributed by atoms with Gasteiger partial charge in [-0.15, -0.1) is 0 Å². The zero-order valence-corrected chi connectivity index (χ0v) is 18.5. The SMILES string of the molecule is O=C1CCC(N2Cc3c(NC(=O)OCCSSc4ccccn4)cccc3C2=O)C(=O)N1. The van der Waals surface area contributed by atoms with Gasteiger partial charge in [0, 0.05) is 41.7 Å². The first-order valence-corrected chi connectivity index (χ1v) is 12.3. The first kappa shape index (κ1) is 22.2. The largest absolute Gasteiger partial charge is 0.448 e. The van der Waals surface area contributed by atoms with Crippen LogP contribution in [0.15, 0.2) is 47.6 Å². The Morgan fingerprint density at radius 1 is 1.22 bits per heavy atom. The predicted molar refractivity (Wildman–Crippen MR) is 120 cm³/mol. The van der Waals surface area contributed by atoms with Gasteiger partial charge in [-0.25, -0.2) is 9.78 Å². The number of hydrogen-bond donors (Lipinski definition) is 2. The van der Waals surface area contributed by atoms with E-state index < -0.39 is 18.0 Å². The van der Waals surface area contributed by atoms with Gasteiger partial charge in [0.2, 0.25) is 11.8 Å². The molecule has 4 rings (SSSR count). The van der Waals surface area contributed by atoms with Crippen LogP contribution in [-0.2, 0) is 20.9 Å². The van der Waals surface area contributed by atoms with Crippen LogP contribution in [0.2, 0.25) is 0 Å². The van der Waals surface area contributed by atoms with Crippen molar-refractivity contribution in [3.8, 4) is 0 Å². The zero-order valence-electron chi connectivity index (χ0n) is 16.9. The molecular weight excluding hydrogens is 452 g/mol. The Bertz CT molecular complexity index is 1050. The fourth-order valence-corrected chi connectivity index (χ4v) is 5.22. The minimum atomic E-state index is -0.707. The average Bonchev–Trinajstić information content (AvgIpc) is 3.12. The molecule has 3 heterocycles. The Hall–Kier alpha value is -3.05. The van der Waals surface area contributed by atoms with E-state index in [4.69, 9.17) is 4.74 Å².